The molecule has 5 heteroatoms. The first-order chi connectivity index (χ1) is 7.72. The van der Waals surface area contributed by atoms with Crippen LogP contribution in [-0.2, 0) is 14.4 Å². The molecular weight excluding hydrogens is 208 g/mol. The molecule has 2 N–H and O–H groups in total. The van der Waals surface area contributed by atoms with Crippen molar-refractivity contribution in [1.82, 2.24) is 10.6 Å². The van der Waals surface area contributed by atoms with Crippen molar-refractivity contribution < 1.29 is 14.4 Å². The van der Waals surface area contributed by atoms with E-state index in [0.29, 0.717) is 11.8 Å². The van der Waals surface area contributed by atoms with Gasteiger partial charge in [-0.1, -0.05) is 30.3 Å². The summed E-state index contributed by atoms with van der Waals surface area (Å²) >= 11 is 0. The van der Waals surface area contributed by atoms with Crippen molar-refractivity contribution in [1.29, 1.82) is 0 Å². The molecule has 0 radical (unpaired) electrons. The summed E-state index contributed by atoms with van der Waals surface area (Å²) in [5.41, 5.74) is 0.692. The van der Waals surface area contributed by atoms with Gasteiger partial charge in [-0.25, -0.2) is 0 Å². The van der Waals surface area contributed by atoms with E-state index in [0.717, 1.165) is 0 Å². The van der Waals surface area contributed by atoms with Gasteiger partial charge in [-0.3, -0.25) is 9.59 Å². The van der Waals surface area contributed by atoms with Crippen molar-refractivity contribution in [2.24, 2.45) is 0 Å². The normalized spacial score (nSPS) is 24.5. The van der Waals surface area contributed by atoms with Gasteiger partial charge in [0.2, 0.25) is 5.91 Å². The van der Waals surface area contributed by atoms with Crippen LogP contribution in [0.25, 0.3) is 0 Å². The Morgan fingerprint density at radius 2 is 1.69 bits per heavy atom. The maximum Gasteiger partial charge on any atom is 0.250 e. The van der Waals surface area contributed by atoms with Gasteiger partial charge in [0.25, 0.3) is 5.91 Å². The fourth-order valence-electron chi connectivity index (χ4n) is 1.58. The van der Waals surface area contributed by atoms with Gasteiger partial charge in [0, 0.05) is 0 Å². The Bertz CT molecular complexity index is 430. The van der Waals surface area contributed by atoms with E-state index >= 15 is 0 Å². The van der Waals surface area contributed by atoms with E-state index in [1.165, 1.54) is 0 Å². The van der Waals surface area contributed by atoms with Crippen molar-refractivity contribution in [3.63, 3.8) is 0 Å². The van der Waals surface area contributed by atoms with E-state index in [-0.39, 0.29) is 5.91 Å². The van der Waals surface area contributed by atoms with Crippen LogP contribution in [0.1, 0.15) is 11.6 Å². The van der Waals surface area contributed by atoms with Gasteiger partial charge in [-0.15, -0.1) is 0 Å². The van der Waals surface area contributed by atoms with Crippen LogP contribution in [0.4, 0.5) is 0 Å². The number of amides is 2. The zero-order chi connectivity index (χ0) is 11.5. The van der Waals surface area contributed by atoms with Gasteiger partial charge < -0.3 is 15.4 Å². The maximum absolute atomic E-state index is 11.6. The highest BCUT2D eigenvalue weighted by molar-refractivity contribution is 6.05. The highest BCUT2D eigenvalue weighted by atomic mass is 16.2. The van der Waals surface area contributed by atoms with E-state index in [9.17, 15) is 14.4 Å². The lowest BCUT2D eigenvalue weighted by Crippen LogP contribution is -2.58. The molecule has 1 aliphatic rings. The van der Waals surface area contributed by atoms with Gasteiger partial charge in [-0.05, 0) is 5.56 Å². The topological polar surface area (TPSA) is 75.3 Å². The fourth-order valence-corrected chi connectivity index (χ4v) is 1.58. The summed E-state index contributed by atoms with van der Waals surface area (Å²) < 4.78 is 0. The van der Waals surface area contributed by atoms with Crippen LogP contribution in [0, 0.1) is 0 Å². The second-order valence-corrected chi connectivity index (χ2v) is 3.47. The third-order valence-corrected chi connectivity index (χ3v) is 2.40. The van der Waals surface area contributed by atoms with Crippen molar-refractivity contribution in [2.75, 3.05) is 0 Å². The lowest BCUT2D eigenvalue weighted by Gasteiger charge is -2.26. The van der Waals surface area contributed by atoms with Gasteiger partial charge >= 0.3 is 0 Å². The quantitative estimate of drug-likeness (QED) is 0.521. The third-order valence-electron chi connectivity index (χ3n) is 2.40. The molecule has 1 aromatic carbocycles. The third kappa shape index (κ3) is 1.79. The minimum Gasteiger partial charge on any atom is -0.338 e. The Kier molecular flexibility index (Phi) is 2.68. The number of rotatable bonds is 2. The van der Waals surface area contributed by atoms with Crippen molar-refractivity contribution in [3.05, 3.63) is 35.9 Å². The molecule has 1 aliphatic heterocycles. The molecule has 2 unspecified atom stereocenters. The summed E-state index contributed by atoms with van der Waals surface area (Å²) in [5.74, 6) is -0.855. The van der Waals surface area contributed by atoms with Crippen molar-refractivity contribution >= 4 is 18.1 Å². The number of carbonyl (C=O) groups excluding carboxylic acids is 3. The molecule has 1 heterocycles. The molecular formula is C11H10N2O3. The van der Waals surface area contributed by atoms with E-state index < -0.39 is 18.0 Å². The molecule has 0 bridgehead atoms. The standard InChI is InChI=1S/C11H10N2O3/c14-6-8-10(15)13-9(11(16)12-8)7-4-2-1-3-5-7/h1-6,8-9H,(H,12,16)(H,13,15). The zero-order valence-corrected chi connectivity index (χ0v) is 8.34. The van der Waals surface area contributed by atoms with Gasteiger partial charge in [0.15, 0.2) is 12.3 Å². The fraction of sp³-hybridized carbons (Fsp3) is 0.182. The van der Waals surface area contributed by atoms with Crippen LogP contribution in [-0.4, -0.2) is 24.1 Å². The molecule has 0 spiro atoms. The molecule has 2 atom stereocenters. The lowest BCUT2D eigenvalue weighted by molar-refractivity contribution is -0.139. The Balaban J connectivity index is 2.22. The smallest absolute Gasteiger partial charge is 0.250 e. The number of piperazine rings is 1. The summed E-state index contributed by atoms with van der Waals surface area (Å²) in [7, 11) is 0. The highest BCUT2D eigenvalue weighted by Gasteiger charge is 2.33. The van der Waals surface area contributed by atoms with Gasteiger partial charge in [0.05, 0.1) is 0 Å². The largest absolute Gasteiger partial charge is 0.338 e. The van der Waals surface area contributed by atoms with Crippen LogP contribution in [0.2, 0.25) is 0 Å². The van der Waals surface area contributed by atoms with Crippen LogP contribution in [0.15, 0.2) is 30.3 Å². The minimum atomic E-state index is -1.08. The maximum atomic E-state index is 11.6. The zero-order valence-electron chi connectivity index (χ0n) is 8.34. The average molecular weight is 218 g/mol. The van der Waals surface area contributed by atoms with Crippen LogP contribution in [0.5, 0.6) is 0 Å². The van der Waals surface area contributed by atoms with Crippen LogP contribution >= 0.6 is 0 Å². The SMILES string of the molecule is O=CC1NC(=O)C(c2ccccc2)NC1=O. The summed E-state index contributed by atoms with van der Waals surface area (Å²) in [5, 5.41) is 4.85. The van der Waals surface area contributed by atoms with Crippen molar-refractivity contribution in [2.45, 2.75) is 12.1 Å². The predicted molar refractivity (Wildman–Crippen MR) is 55.3 cm³/mol. The lowest BCUT2D eigenvalue weighted by atomic mass is 10.0. The number of benzene rings is 1. The number of nitrogens with one attached hydrogen (secondary N) is 2. The van der Waals surface area contributed by atoms with E-state index in [4.69, 9.17) is 0 Å². The second-order valence-electron chi connectivity index (χ2n) is 3.47. The van der Waals surface area contributed by atoms with Crippen molar-refractivity contribution in [3.8, 4) is 0 Å². The van der Waals surface area contributed by atoms with Gasteiger partial charge in [-0.2, -0.15) is 0 Å². The Hall–Kier alpha value is -2.17. The van der Waals surface area contributed by atoms with E-state index in [1.807, 2.05) is 6.07 Å². The molecule has 2 rings (SSSR count). The molecule has 0 aromatic heterocycles. The second kappa shape index (κ2) is 4.14. The first kappa shape index (κ1) is 10.4. The number of carbonyl (C=O) groups is 3. The molecule has 0 aliphatic carbocycles. The summed E-state index contributed by atoms with van der Waals surface area (Å²) in [6.45, 7) is 0. The molecule has 16 heavy (non-hydrogen) atoms. The number of hydrogen-bond donors (Lipinski definition) is 2. The molecule has 1 aromatic rings. The molecule has 1 fully saturated rings. The molecule has 1 saturated heterocycles. The molecule has 2 amide bonds. The monoisotopic (exact) mass is 218 g/mol. The number of hydrogen-bond acceptors (Lipinski definition) is 3. The average Bonchev–Trinajstić information content (AvgIpc) is 2.32. The summed E-state index contributed by atoms with van der Waals surface area (Å²) in [6.07, 6.45) is 0.411. The van der Waals surface area contributed by atoms with Crippen LogP contribution < -0.4 is 10.6 Å². The predicted octanol–water partition coefficient (Wildman–Crippen LogP) is -0.459. The number of aldehydes is 1. The highest BCUT2D eigenvalue weighted by Crippen LogP contribution is 2.15. The Morgan fingerprint density at radius 1 is 1.00 bits per heavy atom. The Labute approximate surface area is 91.8 Å². The molecule has 0 saturated carbocycles. The summed E-state index contributed by atoms with van der Waals surface area (Å²) in [4.78, 5) is 33.5. The van der Waals surface area contributed by atoms with E-state index in [1.54, 1.807) is 24.3 Å². The molecule has 5 nitrogen and oxygen atoms in total. The van der Waals surface area contributed by atoms with Gasteiger partial charge in [0.1, 0.15) is 6.04 Å². The van der Waals surface area contributed by atoms with E-state index in [2.05, 4.69) is 10.6 Å². The first-order valence-electron chi connectivity index (χ1n) is 4.83. The minimum absolute atomic E-state index is 0.372. The Morgan fingerprint density at radius 3 is 2.31 bits per heavy atom. The first-order valence-corrected chi connectivity index (χ1v) is 4.83. The summed E-state index contributed by atoms with van der Waals surface area (Å²) in [6, 6.07) is 7.07. The van der Waals surface area contributed by atoms with Crippen LogP contribution in [0.3, 0.4) is 0 Å². The molecule has 82 valence electrons.